The van der Waals surface area contributed by atoms with Gasteiger partial charge in [-0.3, -0.25) is 4.79 Å². The largest absolute Gasteiger partial charge is 0.469 e. The van der Waals surface area contributed by atoms with E-state index in [1.165, 1.54) is 13.2 Å². The molecule has 0 heterocycles. The molecule has 0 aromatic heterocycles. The second-order valence-electron chi connectivity index (χ2n) is 5.48. The van der Waals surface area contributed by atoms with E-state index in [0.717, 1.165) is 23.5 Å². The topological polar surface area (TPSA) is 52.3 Å². The lowest BCUT2D eigenvalue weighted by molar-refractivity contribution is -0.141. The molecule has 0 radical (unpaired) electrons. The first-order valence-electron chi connectivity index (χ1n) is 6.71. The van der Waals surface area contributed by atoms with Crippen molar-refractivity contribution in [3.63, 3.8) is 0 Å². The van der Waals surface area contributed by atoms with Gasteiger partial charge in [0.2, 0.25) is 0 Å². The highest BCUT2D eigenvalue weighted by Gasteiger charge is 2.44. The summed E-state index contributed by atoms with van der Waals surface area (Å²) in [6, 6.07) is 4.68. The monoisotopic (exact) mass is 297 g/mol. The average molecular weight is 297 g/mol. The van der Waals surface area contributed by atoms with Gasteiger partial charge in [-0.15, -0.1) is 11.8 Å². The second-order valence-corrected chi connectivity index (χ2v) is 6.50. The number of benzene rings is 1. The number of ether oxygens (including phenoxy) is 1. The summed E-state index contributed by atoms with van der Waals surface area (Å²) in [5.74, 6) is 0.364. The fourth-order valence-corrected chi connectivity index (χ4v) is 3.71. The van der Waals surface area contributed by atoms with E-state index >= 15 is 0 Å². The van der Waals surface area contributed by atoms with Crippen LogP contribution in [0.15, 0.2) is 23.1 Å². The molecule has 3 nitrogen and oxygen atoms in total. The fourth-order valence-electron chi connectivity index (χ4n) is 2.24. The van der Waals surface area contributed by atoms with Gasteiger partial charge >= 0.3 is 5.97 Å². The number of rotatable bonds is 6. The molecule has 5 heteroatoms. The minimum absolute atomic E-state index is 0.0270. The predicted molar refractivity (Wildman–Crippen MR) is 78.0 cm³/mol. The number of hydrogen-bond acceptors (Lipinski definition) is 4. The standard InChI is InChI=1S/C15H20FNO2S/c1-10(17)14-11(16)4-3-5-12(14)20-9-15(6-7-15)8-13(18)19-2/h3-5,10H,6-9,17H2,1-2H3/t10-/m1/s1. The molecular formula is C15H20FNO2S. The Bertz CT molecular complexity index is 501. The summed E-state index contributed by atoms with van der Waals surface area (Å²) in [6.45, 7) is 1.78. The van der Waals surface area contributed by atoms with Crippen LogP contribution in [0, 0.1) is 11.2 Å². The summed E-state index contributed by atoms with van der Waals surface area (Å²) in [5.41, 5.74) is 6.43. The van der Waals surface area contributed by atoms with Gasteiger partial charge in [0.15, 0.2) is 0 Å². The van der Waals surface area contributed by atoms with E-state index in [2.05, 4.69) is 0 Å². The minimum atomic E-state index is -0.338. The Labute approximate surface area is 123 Å². The van der Waals surface area contributed by atoms with E-state index in [4.69, 9.17) is 10.5 Å². The van der Waals surface area contributed by atoms with Gasteiger partial charge in [0.25, 0.3) is 0 Å². The highest BCUT2D eigenvalue weighted by atomic mass is 32.2. The number of nitrogens with two attached hydrogens (primary N) is 1. The lowest BCUT2D eigenvalue weighted by Crippen LogP contribution is -2.14. The molecule has 110 valence electrons. The van der Waals surface area contributed by atoms with Crippen LogP contribution in [0.2, 0.25) is 0 Å². The van der Waals surface area contributed by atoms with Gasteiger partial charge in [-0.05, 0) is 37.3 Å². The molecule has 1 aliphatic rings. The van der Waals surface area contributed by atoms with Crippen molar-refractivity contribution in [2.24, 2.45) is 11.1 Å². The zero-order chi connectivity index (χ0) is 14.8. The summed E-state index contributed by atoms with van der Waals surface area (Å²) in [7, 11) is 1.41. The molecule has 2 rings (SSSR count). The molecule has 1 saturated carbocycles. The molecule has 0 unspecified atom stereocenters. The zero-order valence-corrected chi connectivity index (χ0v) is 12.6. The van der Waals surface area contributed by atoms with Gasteiger partial charge in [0.1, 0.15) is 5.82 Å². The van der Waals surface area contributed by atoms with Crippen LogP contribution < -0.4 is 5.73 Å². The third-order valence-corrected chi connectivity index (χ3v) is 5.13. The summed E-state index contributed by atoms with van der Waals surface area (Å²) in [4.78, 5) is 12.3. The number of methoxy groups -OCH3 is 1. The molecule has 20 heavy (non-hydrogen) atoms. The molecule has 1 atom stereocenters. The number of thioether (sulfide) groups is 1. The molecule has 0 amide bonds. The number of hydrogen-bond donors (Lipinski definition) is 1. The molecule has 1 aromatic carbocycles. The van der Waals surface area contributed by atoms with Crippen molar-refractivity contribution in [3.05, 3.63) is 29.6 Å². The van der Waals surface area contributed by atoms with Crippen LogP contribution in [0.1, 0.15) is 37.8 Å². The first-order valence-corrected chi connectivity index (χ1v) is 7.70. The highest BCUT2D eigenvalue weighted by molar-refractivity contribution is 7.99. The van der Waals surface area contributed by atoms with Gasteiger partial charge in [0.05, 0.1) is 13.5 Å². The van der Waals surface area contributed by atoms with Crippen molar-refractivity contribution >= 4 is 17.7 Å². The maximum atomic E-state index is 13.8. The van der Waals surface area contributed by atoms with Gasteiger partial charge in [0, 0.05) is 22.3 Å². The molecule has 0 aliphatic heterocycles. The van der Waals surface area contributed by atoms with Crippen LogP contribution in [-0.2, 0) is 9.53 Å². The zero-order valence-electron chi connectivity index (χ0n) is 11.8. The van der Waals surface area contributed by atoms with Crippen LogP contribution in [0.3, 0.4) is 0 Å². The lowest BCUT2D eigenvalue weighted by Gasteiger charge is -2.17. The average Bonchev–Trinajstić information content (AvgIpc) is 3.16. The van der Waals surface area contributed by atoms with E-state index in [1.807, 2.05) is 6.07 Å². The molecule has 2 N–H and O–H groups in total. The molecule has 0 spiro atoms. The van der Waals surface area contributed by atoms with Gasteiger partial charge in [-0.2, -0.15) is 0 Å². The number of esters is 1. The Morgan fingerprint density at radius 1 is 1.55 bits per heavy atom. The predicted octanol–water partition coefficient (Wildman–Crippen LogP) is 3.28. The Kier molecular flexibility index (Phi) is 4.70. The van der Waals surface area contributed by atoms with E-state index in [1.54, 1.807) is 24.8 Å². The molecular weight excluding hydrogens is 277 g/mol. The Hall–Kier alpha value is -1.07. The van der Waals surface area contributed by atoms with E-state index in [-0.39, 0.29) is 23.2 Å². The van der Waals surface area contributed by atoms with Crippen molar-refractivity contribution in [2.75, 3.05) is 12.9 Å². The number of carbonyl (C=O) groups excluding carboxylic acids is 1. The van der Waals surface area contributed by atoms with Crippen LogP contribution in [0.5, 0.6) is 0 Å². The lowest BCUT2D eigenvalue weighted by atomic mass is 10.1. The van der Waals surface area contributed by atoms with Gasteiger partial charge in [-0.1, -0.05) is 6.07 Å². The third-order valence-electron chi connectivity index (χ3n) is 3.71. The summed E-state index contributed by atoms with van der Waals surface area (Å²) >= 11 is 1.58. The van der Waals surface area contributed by atoms with E-state index < -0.39 is 0 Å². The third kappa shape index (κ3) is 3.52. The van der Waals surface area contributed by atoms with E-state index in [0.29, 0.717) is 12.0 Å². The first-order chi connectivity index (χ1) is 9.47. The van der Waals surface area contributed by atoms with Crippen LogP contribution >= 0.6 is 11.8 Å². The van der Waals surface area contributed by atoms with Crippen LogP contribution in [0.25, 0.3) is 0 Å². The first kappa shape index (κ1) is 15.3. The summed E-state index contributed by atoms with van der Waals surface area (Å²) in [5, 5.41) is 0. The highest BCUT2D eigenvalue weighted by Crippen LogP contribution is 2.52. The van der Waals surface area contributed by atoms with Crippen molar-refractivity contribution in [1.29, 1.82) is 0 Å². The molecule has 1 aliphatic carbocycles. The Morgan fingerprint density at radius 3 is 2.80 bits per heavy atom. The van der Waals surface area contributed by atoms with Crippen molar-refractivity contribution in [1.82, 2.24) is 0 Å². The number of carbonyl (C=O) groups is 1. The Balaban J connectivity index is 2.05. The maximum Gasteiger partial charge on any atom is 0.306 e. The fraction of sp³-hybridized carbons (Fsp3) is 0.533. The second kappa shape index (κ2) is 6.14. The smallest absolute Gasteiger partial charge is 0.306 e. The van der Waals surface area contributed by atoms with Gasteiger partial charge in [-0.25, -0.2) is 4.39 Å². The minimum Gasteiger partial charge on any atom is -0.469 e. The Morgan fingerprint density at radius 2 is 2.25 bits per heavy atom. The van der Waals surface area contributed by atoms with Crippen molar-refractivity contribution < 1.29 is 13.9 Å². The molecule has 0 saturated heterocycles. The molecule has 1 aromatic rings. The quantitative estimate of drug-likeness (QED) is 0.646. The van der Waals surface area contributed by atoms with Gasteiger partial charge < -0.3 is 10.5 Å². The van der Waals surface area contributed by atoms with Crippen molar-refractivity contribution in [3.8, 4) is 0 Å². The maximum absolute atomic E-state index is 13.8. The SMILES string of the molecule is COC(=O)CC1(CSc2cccc(F)c2[C@@H](C)N)CC1. The normalized spacial score (nSPS) is 17.6. The molecule has 0 bridgehead atoms. The van der Waals surface area contributed by atoms with Crippen molar-refractivity contribution in [2.45, 2.75) is 37.1 Å². The summed E-state index contributed by atoms with van der Waals surface area (Å²) < 4.78 is 18.6. The van der Waals surface area contributed by atoms with Crippen LogP contribution in [-0.4, -0.2) is 18.8 Å². The number of halogens is 1. The summed E-state index contributed by atoms with van der Waals surface area (Å²) in [6.07, 6.45) is 2.50. The van der Waals surface area contributed by atoms with Crippen LogP contribution in [0.4, 0.5) is 4.39 Å². The van der Waals surface area contributed by atoms with E-state index in [9.17, 15) is 9.18 Å². The molecule has 1 fully saturated rings.